The van der Waals surface area contributed by atoms with Crippen LogP contribution in [0.4, 0.5) is 0 Å². The molecule has 4 nitrogen and oxygen atoms in total. The lowest BCUT2D eigenvalue weighted by atomic mass is 10.5. The molecule has 1 aliphatic heterocycles. The van der Waals surface area contributed by atoms with E-state index in [0.29, 0.717) is 16.6 Å². The highest BCUT2D eigenvalue weighted by atomic mass is 28.5. The summed E-state index contributed by atoms with van der Waals surface area (Å²) < 4.78 is 25.2. The topological polar surface area (TPSA) is 36.9 Å². The van der Waals surface area contributed by atoms with E-state index in [-0.39, 0.29) is 5.73 Å². The molecule has 0 radical (unpaired) electrons. The Bertz CT molecular complexity index is 279. The maximum Gasteiger partial charge on any atom is 0.352 e. The molecule has 0 aromatic rings. The van der Waals surface area contributed by atoms with Crippen molar-refractivity contribution in [1.29, 1.82) is 0 Å². The van der Waals surface area contributed by atoms with Gasteiger partial charge in [-0.2, -0.15) is 0 Å². The summed E-state index contributed by atoms with van der Waals surface area (Å²) in [4.78, 5) is 0. The van der Waals surface area contributed by atoms with Crippen molar-refractivity contribution < 1.29 is 17.1 Å². The molecule has 0 saturated carbocycles. The average molecular weight is 337 g/mol. The van der Waals surface area contributed by atoms with Crippen molar-refractivity contribution in [2.45, 2.75) is 77.2 Å². The lowest BCUT2D eigenvalue weighted by Gasteiger charge is -2.49. The predicted octanol–water partition coefficient (Wildman–Crippen LogP) is 3.13. The summed E-state index contributed by atoms with van der Waals surface area (Å²) in [5.41, 5.74) is 1.45. The monoisotopic (exact) mass is 336 g/mol. The Hall–Kier alpha value is 0.491. The third kappa shape index (κ3) is 3.82. The molecule has 1 aliphatic rings. The lowest BCUT2D eigenvalue weighted by Crippen LogP contribution is -2.67. The van der Waals surface area contributed by atoms with Crippen LogP contribution in [-0.4, -0.2) is 40.0 Å². The third-order valence-electron chi connectivity index (χ3n) is 3.87. The largest absolute Gasteiger partial charge is 0.420 e. The first kappa shape index (κ1) is 18.5. The molecule has 0 aromatic carbocycles. The van der Waals surface area contributed by atoms with Gasteiger partial charge in [0.2, 0.25) is 0 Å². The van der Waals surface area contributed by atoms with Crippen molar-refractivity contribution in [2.24, 2.45) is 0 Å². The zero-order chi connectivity index (χ0) is 15.5. The van der Waals surface area contributed by atoms with Crippen LogP contribution in [0.2, 0.25) is 16.6 Å². The van der Waals surface area contributed by atoms with Crippen molar-refractivity contribution >= 4 is 27.1 Å². The van der Waals surface area contributed by atoms with Gasteiger partial charge < -0.3 is 17.1 Å². The van der Waals surface area contributed by atoms with E-state index in [9.17, 15) is 0 Å². The fraction of sp³-hybridized carbons (Fsp3) is 1.00. The highest BCUT2D eigenvalue weighted by Gasteiger charge is 2.56. The summed E-state index contributed by atoms with van der Waals surface area (Å²) in [6.07, 6.45) is 0.944. The molecule has 120 valence electrons. The number of hydrogen-bond donors (Lipinski definition) is 0. The Morgan fingerprint density at radius 1 is 0.950 bits per heavy atom. The second-order valence-electron chi connectivity index (χ2n) is 6.61. The van der Waals surface area contributed by atoms with Gasteiger partial charge in [0.05, 0.1) is 5.73 Å². The molecule has 3 atom stereocenters. The molecule has 0 bridgehead atoms. The number of hydrogen-bond acceptors (Lipinski definition) is 4. The minimum absolute atomic E-state index is 0.105. The first-order valence-corrected chi connectivity index (χ1v) is 13.0. The van der Waals surface area contributed by atoms with Gasteiger partial charge in [-0.15, -0.1) is 0 Å². The van der Waals surface area contributed by atoms with Crippen molar-refractivity contribution in [1.82, 2.24) is 0 Å². The number of methoxy groups -OCH3 is 1. The Morgan fingerprint density at radius 2 is 1.40 bits per heavy atom. The summed E-state index contributed by atoms with van der Waals surface area (Å²) in [5, 5.41) is 0. The Labute approximate surface area is 129 Å². The van der Waals surface area contributed by atoms with E-state index in [1.54, 1.807) is 7.11 Å². The van der Waals surface area contributed by atoms with Gasteiger partial charge in [0.1, 0.15) is 0 Å². The maximum absolute atomic E-state index is 6.56. The van der Waals surface area contributed by atoms with E-state index >= 15 is 0 Å². The zero-order valence-electron chi connectivity index (χ0n) is 14.3. The molecule has 20 heavy (non-hydrogen) atoms. The first-order chi connectivity index (χ1) is 9.28. The lowest BCUT2D eigenvalue weighted by molar-refractivity contribution is 0.0999. The van der Waals surface area contributed by atoms with Crippen LogP contribution in [0.25, 0.3) is 0 Å². The van der Waals surface area contributed by atoms with Crippen LogP contribution in [0.1, 0.15) is 54.9 Å². The standard InChI is InChI=1S/C13H32O4Si3/c1-9-13(14-8)20(12(6)7)16-18(10(2)3)15-19(17-20)11(4)5/h10-13,18-19H,9H2,1-8H3. The van der Waals surface area contributed by atoms with Crippen LogP contribution in [0.15, 0.2) is 0 Å². The second-order valence-corrected chi connectivity index (χ2v) is 17.0. The highest BCUT2D eigenvalue weighted by molar-refractivity contribution is 6.85. The summed E-state index contributed by atoms with van der Waals surface area (Å²) in [6, 6.07) is 0. The van der Waals surface area contributed by atoms with Crippen molar-refractivity contribution in [3.05, 3.63) is 0 Å². The van der Waals surface area contributed by atoms with Gasteiger partial charge in [0.15, 0.2) is 0 Å². The van der Waals surface area contributed by atoms with E-state index in [2.05, 4.69) is 48.5 Å². The van der Waals surface area contributed by atoms with Crippen LogP contribution in [0.5, 0.6) is 0 Å². The molecule has 1 fully saturated rings. The number of ether oxygens (including phenoxy) is 1. The van der Waals surface area contributed by atoms with Gasteiger partial charge in [-0.05, 0) is 23.0 Å². The Morgan fingerprint density at radius 3 is 1.65 bits per heavy atom. The molecular formula is C13H32O4Si3. The van der Waals surface area contributed by atoms with Crippen LogP contribution < -0.4 is 0 Å². The molecule has 0 amide bonds. The molecule has 1 rings (SSSR count). The van der Waals surface area contributed by atoms with Gasteiger partial charge in [-0.3, -0.25) is 0 Å². The smallest absolute Gasteiger partial charge is 0.352 e. The Kier molecular flexibility index (Phi) is 7.10. The quantitative estimate of drug-likeness (QED) is 0.698. The molecule has 7 heteroatoms. The molecule has 1 heterocycles. The second kappa shape index (κ2) is 7.66. The number of rotatable bonds is 6. The molecule has 0 spiro atoms. The van der Waals surface area contributed by atoms with E-state index < -0.39 is 27.1 Å². The highest BCUT2D eigenvalue weighted by Crippen LogP contribution is 2.38. The summed E-state index contributed by atoms with van der Waals surface area (Å²) >= 11 is 0. The molecule has 0 aromatic heterocycles. The van der Waals surface area contributed by atoms with E-state index in [4.69, 9.17) is 17.1 Å². The fourth-order valence-corrected chi connectivity index (χ4v) is 18.4. The van der Waals surface area contributed by atoms with Crippen LogP contribution >= 0.6 is 0 Å². The molecule has 0 N–H and O–H groups in total. The summed E-state index contributed by atoms with van der Waals surface area (Å²) in [6.45, 7) is 15.4. The molecule has 0 aliphatic carbocycles. The van der Waals surface area contributed by atoms with Crippen LogP contribution in [0.3, 0.4) is 0 Å². The molecular weight excluding hydrogens is 304 g/mol. The minimum atomic E-state index is -2.36. The van der Waals surface area contributed by atoms with Gasteiger partial charge in [-0.1, -0.05) is 48.5 Å². The normalized spacial score (nSPS) is 33.1. The predicted molar refractivity (Wildman–Crippen MR) is 89.7 cm³/mol. The molecule has 3 unspecified atom stereocenters. The zero-order valence-corrected chi connectivity index (χ0v) is 17.6. The minimum Gasteiger partial charge on any atom is -0.420 e. The SMILES string of the molecule is CCC(OC)[Si]1(C(C)C)O[SiH](C(C)C)O[SiH](C(C)C)O1. The maximum atomic E-state index is 6.56. The van der Waals surface area contributed by atoms with Gasteiger partial charge in [0, 0.05) is 7.11 Å². The van der Waals surface area contributed by atoms with E-state index in [1.165, 1.54) is 0 Å². The average Bonchev–Trinajstić information content (AvgIpc) is 2.39. The van der Waals surface area contributed by atoms with Gasteiger partial charge in [-0.25, -0.2) is 0 Å². The molecule has 1 saturated heterocycles. The van der Waals surface area contributed by atoms with E-state index in [1.807, 2.05) is 0 Å². The van der Waals surface area contributed by atoms with Crippen molar-refractivity contribution in [3.63, 3.8) is 0 Å². The van der Waals surface area contributed by atoms with E-state index in [0.717, 1.165) is 6.42 Å². The van der Waals surface area contributed by atoms with Crippen molar-refractivity contribution in [2.75, 3.05) is 7.11 Å². The fourth-order valence-electron chi connectivity index (χ4n) is 2.58. The van der Waals surface area contributed by atoms with Crippen LogP contribution in [0, 0.1) is 0 Å². The summed E-state index contributed by atoms with van der Waals surface area (Å²) in [7, 11) is -3.90. The van der Waals surface area contributed by atoms with Crippen LogP contribution in [-0.2, 0) is 17.1 Å². The first-order valence-electron chi connectivity index (χ1n) is 7.82. The van der Waals surface area contributed by atoms with Crippen molar-refractivity contribution in [3.8, 4) is 0 Å². The third-order valence-corrected chi connectivity index (χ3v) is 16.1. The Balaban J connectivity index is 3.12. The summed E-state index contributed by atoms with van der Waals surface area (Å²) in [5.74, 6) is 0. The van der Waals surface area contributed by atoms with Gasteiger partial charge >= 0.3 is 27.1 Å². The van der Waals surface area contributed by atoms with Gasteiger partial charge in [0.25, 0.3) is 0 Å².